The number of halogens is 1. The Labute approximate surface area is 130 Å². The molecule has 0 radical (unpaired) electrons. The van der Waals surface area contributed by atoms with Crippen molar-refractivity contribution in [3.05, 3.63) is 39.9 Å². The standard InChI is InChI=1S/C17H24BrNO/c1-2-16(15-12-14(18)8-9-17(15)20)19-11-10-13-6-4-3-5-7-13/h6,8-9,12,16,19-20H,2-5,7,10-11H2,1H3. The van der Waals surface area contributed by atoms with Gasteiger partial charge < -0.3 is 10.4 Å². The van der Waals surface area contributed by atoms with E-state index in [4.69, 9.17) is 0 Å². The summed E-state index contributed by atoms with van der Waals surface area (Å²) < 4.78 is 1.01. The first-order valence-corrected chi connectivity index (χ1v) is 8.39. The maximum absolute atomic E-state index is 10.0. The fourth-order valence-electron chi connectivity index (χ4n) is 2.82. The third-order valence-corrected chi connectivity index (χ3v) is 4.49. The van der Waals surface area contributed by atoms with Gasteiger partial charge in [-0.15, -0.1) is 0 Å². The fourth-order valence-corrected chi connectivity index (χ4v) is 3.20. The summed E-state index contributed by atoms with van der Waals surface area (Å²) in [6.07, 6.45) is 9.71. The molecule has 1 aliphatic carbocycles. The summed E-state index contributed by atoms with van der Waals surface area (Å²) in [5.41, 5.74) is 2.58. The molecule has 0 bridgehead atoms. The quantitative estimate of drug-likeness (QED) is 0.709. The van der Waals surface area contributed by atoms with Crippen molar-refractivity contribution in [2.75, 3.05) is 6.54 Å². The first-order chi connectivity index (χ1) is 9.70. The van der Waals surface area contributed by atoms with Gasteiger partial charge in [-0.2, -0.15) is 0 Å². The molecule has 0 heterocycles. The topological polar surface area (TPSA) is 32.3 Å². The van der Waals surface area contributed by atoms with Crippen LogP contribution < -0.4 is 5.32 Å². The second-order valence-electron chi connectivity index (χ2n) is 5.48. The second kappa shape index (κ2) is 7.84. The average molecular weight is 338 g/mol. The van der Waals surface area contributed by atoms with Crippen LogP contribution in [0.15, 0.2) is 34.3 Å². The van der Waals surface area contributed by atoms with Gasteiger partial charge in [-0.25, -0.2) is 0 Å². The van der Waals surface area contributed by atoms with Gasteiger partial charge in [0.05, 0.1) is 0 Å². The SMILES string of the molecule is CCC(NCCC1=CCCCC1)c1cc(Br)ccc1O. The van der Waals surface area contributed by atoms with Crippen molar-refractivity contribution in [3.63, 3.8) is 0 Å². The summed E-state index contributed by atoms with van der Waals surface area (Å²) in [7, 11) is 0. The predicted molar refractivity (Wildman–Crippen MR) is 88.0 cm³/mol. The molecule has 0 aromatic heterocycles. The van der Waals surface area contributed by atoms with Gasteiger partial charge in [0.15, 0.2) is 0 Å². The van der Waals surface area contributed by atoms with E-state index >= 15 is 0 Å². The Hall–Kier alpha value is -0.800. The van der Waals surface area contributed by atoms with E-state index in [1.165, 1.54) is 25.7 Å². The third-order valence-electron chi connectivity index (χ3n) is 4.00. The van der Waals surface area contributed by atoms with Crippen LogP contribution in [0.1, 0.15) is 57.1 Å². The Morgan fingerprint density at radius 1 is 1.35 bits per heavy atom. The van der Waals surface area contributed by atoms with Crippen LogP contribution in [0.3, 0.4) is 0 Å². The highest BCUT2D eigenvalue weighted by atomic mass is 79.9. The zero-order chi connectivity index (χ0) is 14.4. The lowest BCUT2D eigenvalue weighted by molar-refractivity contribution is 0.441. The molecule has 2 rings (SSSR count). The lowest BCUT2D eigenvalue weighted by atomic mass is 9.97. The van der Waals surface area contributed by atoms with Crippen molar-refractivity contribution in [1.82, 2.24) is 5.32 Å². The van der Waals surface area contributed by atoms with Gasteiger partial charge in [0.25, 0.3) is 0 Å². The molecule has 0 amide bonds. The Kier molecular flexibility index (Phi) is 6.11. The average Bonchev–Trinajstić information content (AvgIpc) is 2.48. The molecule has 0 aliphatic heterocycles. The van der Waals surface area contributed by atoms with E-state index in [0.717, 1.165) is 29.4 Å². The third kappa shape index (κ3) is 4.35. The van der Waals surface area contributed by atoms with Gasteiger partial charge in [0.2, 0.25) is 0 Å². The van der Waals surface area contributed by atoms with Crippen LogP contribution in [0.25, 0.3) is 0 Å². The van der Waals surface area contributed by atoms with E-state index in [1.54, 1.807) is 11.6 Å². The van der Waals surface area contributed by atoms with Crippen LogP contribution in [0.2, 0.25) is 0 Å². The molecule has 3 heteroatoms. The lowest BCUT2D eigenvalue weighted by Gasteiger charge is -2.20. The van der Waals surface area contributed by atoms with Gasteiger partial charge in [-0.3, -0.25) is 0 Å². The maximum atomic E-state index is 10.0. The van der Waals surface area contributed by atoms with Crippen LogP contribution in [-0.4, -0.2) is 11.7 Å². The first-order valence-electron chi connectivity index (χ1n) is 7.60. The molecule has 2 N–H and O–H groups in total. The number of hydrogen-bond donors (Lipinski definition) is 2. The molecular formula is C17H24BrNO. The summed E-state index contributed by atoms with van der Waals surface area (Å²) in [5, 5.41) is 13.6. The van der Waals surface area contributed by atoms with E-state index < -0.39 is 0 Å². The summed E-state index contributed by atoms with van der Waals surface area (Å²) in [6, 6.07) is 5.86. The Morgan fingerprint density at radius 3 is 2.90 bits per heavy atom. The van der Waals surface area contributed by atoms with Crippen molar-refractivity contribution in [2.45, 2.75) is 51.5 Å². The molecule has 0 saturated carbocycles. The van der Waals surface area contributed by atoms with E-state index in [2.05, 4.69) is 34.2 Å². The molecular weight excluding hydrogens is 314 g/mol. The lowest BCUT2D eigenvalue weighted by Crippen LogP contribution is -2.22. The van der Waals surface area contributed by atoms with E-state index in [1.807, 2.05) is 12.1 Å². The minimum Gasteiger partial charge on any atom is -0.508 e. The second-order valence-corrected chi connectivity index (χ2v) is 6.39. The van der Waals surface area contributed by atoms with Crippen molar-refractivity contribution >= 4 is 15.9 Å². The highest BCUT2D eigenvalue weighted by Crippen LogP contribution is 2.29. The van der Waals surface area contributed by atoms with Crippen LogP contribution in [0.4, 0.5) is 0 Å². The van der Waals surface area contributed by atoms with Crippen LogP contribution in [0.5, 0.6) is 5.75 Å². The molecule has 0 spiro atoms. The number of benzene rings is 1. The number of allylic oxidation sites excluding steroid dienone is 1. The molecule has 0 saturated heterocycles. The Balaban J connectivity index is 1.91. The van der Waals surface area contributed by atoms with Gasteiger partial charge in [0, 0.05) is 16.1 Å². The van der Waals surface area contributed by atoms with Crippen molar-refractivity contribution in [2.24, 2.45) is 0 Å². The number of hydrogen-bond acceptors (Lipinski definition) is 2. The Morgan fingerprint density at radius 2 is 2.20 bits per heavy atom. The van der Waals surface area contributed by atoms with E-state index in [9.17, 15) is 5.11 Å². The van der Waals surface area contributed by atoms with Crippen molar-refractivity contribution in [3.8, 4) is 5.75 Å². The molecule has 1 aromatic rings. The number of nitrogens with one attached hydrogen (secondary N) is 1. The molecule has 1 atom stereocenters. The van der Waals surface area contributed by atoms with Gasteiger partial charge in [0.1, 0.15) is 5.75 Å². The molecule has 110 valence electrons. The molecule has 20 heavy (non-hydrogen) atoms. The van der Waals surface area contributed by atoms with Gasteiger partial charge in [-0.05, 0) is 63.3 Å². The minimum atomic E-state index is 0.219. The van der Waals surface area contributed by atoms with Gasteiger partial charge >= 0.3 is 0 Å². The molecule has 1 aromatic carbocycles. The maximum Gasteiger partial charge on any atom is 0.120 e. The fraction of sp³-hybridized carbons (Fsp3) is 0.529. The number of aromatic hydroxyl groups is 1. The number of rotatable bonds is 6. The highest BCUT2D eigenvalue weighted by molar-refractivity contribution is 9.10. The van der Waals surface area contributed by atoms with Gasteiger partial charge in [-0.1, -0.05) is 34.5 Å². The van der Waals surface area contributed by atoms with E-state index in [0.29, 0.717) is 5.75 Å². The van der Waals surface area contributed by atoms with Crippen LogP contribution in [0, 0.1) is 0 Å². The normalized spacial score (nSPS) is 16.8. The van der Waals surface area contributed by atoms with Crippen LogP contribution in [-0.2, 0) is 0 Å². The largest absolute Gasteiger partial charge is 0.508 e. The minimum absolute atomic E-state index is 0.219. The molecule has 0 fully saturated rings. The first kappa shape index (κ1) is 15.6. The summed E-state index contributed by atoms with van der Waals surface area (Å²) in [5.74, 6) is 0.379. The monoisotopic (exact) mass is 337 g/mol. The van der Waals surface area contributed by atoms with Crippen LogP contribution >= 0.6 is 15.9 Å². The van der Waals surface area contributed by atoms with E-state index in [-0.39, 0.29) is 6.04 Å². The smallest absolute Gasteiger partial charge is 0.120 e. The zero-order valence-corrected chi connectivity index (χ0v) is 13.7. The zero-order valence-electron chi connectivity index (χ0n) is 12.2. The molecule has 2 nitrogen and oxygen atoms in total. The van der Waals surface area contributed by atoms with Crippen molar-refractivity contribution < 1.29 is 5.11 Å². The number of phenols is 1. The molecule has 1 aliphatic rings. The predicted octanol–water partition coefficient (Wildman–Crippen LogP) is 5.09. The Bertz CT molecular complexity index is 470. The highest BCUT2D eigenvalue weighted by Gasteiger charge is 2.13. The van der Waals surface area contributed by atoms with Crippen molar-refractivity contribution in [1.29, 1.82) is 0 Å². The summed E-state index contributed by atoms with van der Waals surface area (Å²) in [4.78, 5) is 0. The number of phenolic OH excluding ortho intramolecular Hbond substituents is 1. The summed E-state index contributed by atoms with van der Waals surface area (Å²) in [6.45, 7) is 3.13. The summed E-state index contributed by atoms with van der Waals surface area (Å²) >= 11 is 3.48. The molecule has 1 unspecified atom stereocenters.